The molecule has 6 heteroatoms. The van der Waals surface area contributed by atoms with Gasteiger partial charge in [0.05, 0.1) is 4.90 Å². The fourth-order valence-corrected chi connectivity index (χ4v) is 3.33. The Bertz CT molecular complexity index is 636. The second-order valence-corrected chi connectivity index (χ2v) is 8.12. The molecule has 1 aromatic carbocycles. The van der Waals surface area contributed by atoms with Crippen LogP contribution < -0.4 is 11.1 Å². The highest BCUT2D eigenvalue weighted by Gasteiger charge is 2.33. The van der Waals surface area contributed by atoms with Crippen LogP contribution in [0.3, 0.4) is 0 Å². The average Bonchev–Trinajstić information content (AvgIpc) is 2.40. The molecule has 3 N–H and O–H groups in total. The number of rotatable bonds is 5. The van der Waals surface area contributed by atoms with E-state index in [0.717, 1.165) is 0 Å². The molecule has 1 atom stereocenters. The molecule has 0 radical (unpaired) electrons. The van der Waals surface area contributed by atoms with E-state index in [0.29, 0.717) is 17.7 Å². The molecule has 0 aromatic heterocycles. The predicted octanol–water partition coefficient (Wildman–Crippen LogP) is 2.04. The molecule has 1 rings (SSSR count). The zero-order valence-corrected chi connectivity index (χ0v) is 14.0. The summed E-state index contributed by atoms with van der Waals surface area (Å²) in [6, 6.07) is 4.70. The van der Waals surface area contributed by atoms with E-state index in [2.05, 4.69) is 5.32 Å². The van der Waals surface area contributed by atoms with Crippen LogP contribution in [0.1, 0.15) is 39.7 Å². The smallest absolute Gasteiger partial charge is 0.238 e. The van der Waals surface area contributed by atoms with Crippen LogP contribution in [0, 0.1) is 6.92 Å². The third-order valence-corrected chi connectivity index (χ3v) is 6.01. The first-order valence-electron chi connectivity index (χ1n) is 6.94. The van der Waals surface area contributed by atoms with Crippen molar-refractivity contribution >= 4 is 21.4 Å². The number of nitrogens with one attached hydrogen (secondary N) is 1. The summed E-state index contributed by atoms with van der Waals surface area (Å²) < 4.78 is 25.2. The van der Waals surface area contributed by atoms with Crippen LogP contribution in [-0.4, -0.2) is 25.1 Å². The van der Waals surface area contributed by atoms with E-state index in [9.17, 15) is 13.2 Å². The van der Waals surface area contributed by atoms with Crippen molar-refractivity contribution in [2.45, 2.75) is 56.7 Å². The van der Waals surface area contributed by atoms with Crippen molar-refractivity contribution in [2.75, 3.05) is 5.73 Å². The van der Waals surface area contributed by atoms with Crippen molar-refractivity contribution in [3.8, 4) is 0 Å². The lowest BCUT2D eigenvalue weighted by atomic mass is 10.0. The fraction of sp³-hybridized carbons (Fsp3) is 0.533. The quantitative estimate of drug-likeness (QED) is 0.814. The van der Waals surface area contributed by atoms with E-state index in [1.54, 1.807) is 19.1 Å². The Balaban J connectivity index is 3.13. The van der Waals surface area contributed by atoms with Gasteiger partial charge in [0.1, 0.15) is 5.25 Å². The maximum Gasteiger partial charge on any atom is 0.238 e. The molecule has 0 aliphatic heterocycles. The van der Waals surface area contributed by atoms with Crippen LogP contribution >= 0.6 is 0 Å². The maximum atomic E-state index is 12.6. The highest BCUT2D eigenvalue weighted by Crippen LogP contribution is 2.24. The van der Waals surface area contributed by atoms with Gasteiger partial charge in [-0.15, -0.1) is 0 Å². The molecule has 0 bridgehead atoms. The van der Waals surface area contributed by atoms with E-state index in [-0.39, 0.29) is 4.90 Å². The number of sulfone groups is 1. The molecular formula is C15H24N2O3S. The second kappa shape index (κ2) is 6.05. The first kappa shape index (κ1) is 17.5. The van der Waals surface area contributed by atoms with E-state index in [4.69, 9.17) is 5.73 Å². The SMILES string of the molecule is CCC(C)(C)NC(=O)C(C)S(=O)(=O)c1cccc(N)c1C. The van der Waals surface area contributed by atoms with Gasteiger partial charge in [0.2, 0.25) is 5.91 Å². The molecule has 21 heavy (non-hydrogen) atoms. The van der Waals surface area contributed by atoms with Gasteiger partial charge in [-0.05, 0) is 51.8 Å². The van der Waals surface area contributed by atoms with Crippen molar-refractivity contribution in [1.29, 1.82) is 0 Å². The van der Waals surface area contributed by atoms with Crippen LogP contribution in [0.15, 0.2) is 23.1 Å². The van der Waals surface area contributed by atoms with Crippen molar-refractivity contribution in [3.05, 3.63) is 23.8 Å². The molecule has 0 saturated heterocycles. The Morgan fingerprint density at radius 3 is 2.48 bits per heavy atom. The van der Waals surface area contributed by atoms with Gasteiger partial charge in [0.15, 0.2) is 9.84 Å². The first-order valence-corrected chi connectivity index (χ1v) is 8.48. The highest BCUT2D eigenvalue weighted by molar-refractivity contribution is 7.92. The standard InChI is InChI=1S/C15H24N2O3S/c1-6-15(4,5)17-14(18)11(3)21(19,20)13-9-7-8-12(16)10(13)2/h7-9,11H,6,16H2,1-5H3,(H,17,18). The maximum absolute atomic E-state index is 12.6. The Morgan fingerprint density at radius 1 is 1.38 bits per heavy atom. The van der Waals surface area contributed by atoms with E-state index >= 15 is 0 Å². The van der Waals surface area contributed by atoms with Gasteiger partial charge < -0.3 is 11.1 Å². The van der Waals surface area contributed by atoms with E-state index < -0.39 is 26.5 Å². The topological polar surface area (TPSA) is 89.3 Å². The minimum atomic E-state index is -3.76. The van der Waals surface area contributed by atoms with Gasteiger partial charge >= 0.3 is 0 Å². The van der Waals surface area contributed by atoms with Gasteiger partial charge in [0, 0.05) is 11.2 Å². The van der Waals surface area contributed by atoms with Crippen molar-refractivity contribution in [2.24, 2.45) is 0 Å². The number of amides is 1. The number of carbonyl (C=O) groups excluding carboxylic acids is 1. The average molecular weight is 312 g/mol. The molecule has 0 fully saturated rings. The third-order valence-electron chi connectivity index (χ3n) is 3.81. The Hall–Kier alpha value is -1.56. The number of nitrogen functional groups attached to an aromatic ring is 1. The molecular weight excluding hydrogens is 288 g/mol. The lowest BCUT2D eigenvalue weighted by Crippen LogP contribution is -2.48. The monoisotopic (exact) mass is 312 g/mol. The summed E-state index contributed by atoms with van der Waals surface area (Å²) in [5.74, 6) is -0.497. The van der Waals surface area contributed by atoms with Crippen LogP contribution in [0.2, 0.25) is 0 Å². The van der Waals surface area contributed by atoms with Crippen molar-refractivity contribution < 1.29 is 13.2 Å². The minimum absolute atomic E-state index is 0.111. The summed E-state index contributed by atoms with van der Waals surface area (Å²) in [7, 11) is -3.76. The summed E-state index contributed by atoms with van der Waals surface area (Å²) in [5.41, 5.74) is 6.19. The van der Waals surface area contributed by atoms with E-state index in [1.165, 1.54) is 13.0 Å². The molecule has 0 spiro atoms. The molecule has 118 valence electrons. The van der Waals surface area contributed by atoms with Crippen LogP contribution in [0.5, 0.6) is 0 Å². The molecule has 1 aromatic rings. The number of nitrogens with two attached hydrogens (primary N) is 1. The number of benzene rings is 1. The molecule has 1 amide bonds. The largest absolute Gasteiger partial charge is 0.398 e. The number of anilines is 1. The normalized spacial score (nSPS) is 13.8. The van der Waals surface area contributed by atoms with Crippen LogP contribution in [0.4, 0.5) is 5.69 Å². The lowest BCUT2D eigenvalue weighted by Gasteiger charge is -2.26. The van der Waals surface area contributed by atoms with Gasteiger partial charge in [-0.1, -0.05) is 13.0 Å². The zero-order valence-electron chi connectivity index (χ0n) is 13.2. The summed E-state index contributed by atoms with van der Waals surface area (Å²) in [5, 5.41) is 1.60. The Morgan fingerprint density at radius 2 is 1.95 bits per heavy atom. The Labute approximate surface area is 126 Å². The predicted molar refractivity (Wildman–Crippen MR) is 84.8 cm³/mol. The van der Waals surface area contributed by atoms with Crippen molar-refractivity contribution in [3.63, 3.8) is 0 Å². The van der Waals surface area contributed by atoms with Gasteiger partial charge in [-0.2, -0.15) is 0 Å². The van der Waals surface area contributed by atoms with Gasteiger partial charge in [-0.25, -0.2) is 8.42 Å². The highest BCUT2D eigenvalue weighted by atomic mass is 32.2. The molecule has 0 saturated carbocycles. The molecule has 0 aliphatic carbocycles. The van der Waals surface area contributed by atoms with Crippen LogP contribution in [-0.2, 0) is 14.6 Å². The molecule has 0 heterocycles. The summed E-state index contributed by atoms with van der Waals surface area (Å²) >= 11 is 0. The minimum Gasteiger partial charge on any atom is -0.398 e. The number of carbonyl (C=O) groups is 1. The molecule has 0 aliphatic rings. The zero-order chi connectivity index (χ0) is 16.4. The van der Waals surface area contributed by atoms with Gasteiger partial charge in [0.25, 0.3) is 0 Å². The first-order chi connectivity index (χ1) is 9.53. The molecule has 1 unspecified atom stereocenters. The van der Waals surface area contributed by atoms with Gasteiger partial charge in [-0.3, -0.25) is 4.79 Å². The van der Waals surface area contributed by atoms with Crippen molar-refractivity contribution in [1.82, 2.24) is 5.32 Å². The second-order valence-electron chi connectivity index (χ2n) is 5.88. The fourth-order valence-electron chi connectivity index (χ4n) is 1.79. The number of hydrogen-bond donors (Lipinski definition) is 2. The molecule has 5 nitrogen and oxygen atoms in total. The lowest BCUT2D eigenvalue weighted by molar-refractivity contribution is -0.122. The summed E-state index contributed by atoms with van der Waals surface area (Å²) in [4.78, 5) is 12.3. The Kier molecular flexibility index (Phi) is 5.04. The third kappa shape index (κ3) is 3.75. The number of hydrogen-bond acceptors (Lipinski definition) is 4. The summed E-state index contributed by atoms with van der Waals surface area (Å²) in [6.07, 6.45) is 0.711. The van der Waals surface area contributed by atoms with Crippen LogP contribution in [0.25, 0.3) is 0 Å². The summed E-state index contributed by atoms with van der Waals surface area (Å²) in [6.45, 7) is 8.69. The van der Waals surface area contributed by atoms with E-state index in [1.807, 2.05) is 20.8 Å².